The normalized spacial score (nSPS) is 36.1. The lowest BCUT2D eigenvalue weighted by Crippen LogP contribution is -2.68. The Morgan fingerprint density at radius 1 is 0.929 bits per heavy atom. The SMILES string of the molecule is CCC(=O)OC1C[C@]2(C)[C@@H](CC)CC[C@H]2C2=CC=C3CC(OC(C)=O)CC[C@]3(C)[C@]21OC(=O)CC.O=C1C=CC(=O)O1. The average Bonchev–Trinajstić information content (AvgIpc) is 3.49. The number of cyclic esters (lactones) is 2. The van der Waals surface area contributed by atoms with Gasteiger partial charge in [0, 0.05) is 43.8 Å². The number of carbonyl (C=O) groups is 5. The molecule has 0 N–H and O–H groups in total. The second-order valence-electron chi connectivity index (χ2n) is 12.5. The van der Waals surface area contributed by atoms with Crippen molar-refractivity contribution >= 4 is 29.8 Å². The molecule has 4 aliphatic carbocycles. The Kier molecular flexibility index (Phi) is 9.19. The van der Waals surface area contributed by atoms with Crippen molar-refractivity contribution in [2.75, 3.05) is 0 Å². The summed E-state index contributed by atoms with van der Waals surface area (Å²) in [6.45, 7) is 11.8. The maximum Gasteiger partial charge on any atom is 0.338 e. The first kappa shape index (κ1) is 31.7. The molecular formula is C33H44O9. The predicted octanol–water partition coefficient (Wildman–Crippen LogP) is 5.46. The van der Waals surface area contributed by atoms with Crippen molar-refractivity contribution in [2.45, 2.75) is 117 Å². The van der Waals surface area contributed by atoms with Crippen LogP contribution in [0.3, 0.4) is 0 Å². The number of esters is 5. The summed E-state index contributed by atoms with van der Waals surface area (Å²) in [6.07, 6.45) is 12.2. The summed E-state index contributed by atoms with van der Waals surface area (Å²) in [7, 11) is 0. The summed E-state index contributed by atoms with van der Waals surface area (Å²) in [6, 6.07) is 0. The summed E-state index contributed by atoms with van der Waals surface area (Å²) < 4.78 is 22.4. The van der Waals surface area contributed by atoms with Crippen molar-refractivity contribution in [1.82, 2.24) is 0 Å². The van der Waals surface area contributed by atoms with E-state index >= 15 is 0 Å². The van der Waals surface area contributed by atoms with Crippen LogP contribution in [-0.2, 0) is 42.9 Å². The van der Waals surface area contributed by atoms with Crippen molar-refractivity contribution in [3.05, 3.63) is 35.5 Å². The Bertz CT molecular complexity index is 1210. The highest BCUT2D eigenvalue weighted by Gasteiger charge is 2.70. The molecule has 0 amide bonds. The van der Waals surface area contributed by atoms with Gasteiger partial charge in [-0.05, 0) is 54.9 Å². The van der Waals surface area contributed by atoms with Crippen LogP contribution in [0.5, 0.6) is 0 Å². The summed E-state index contributed by atoms with van der Waals surface area (Å²) in [5.74, 6) is -1.16. The molecule has 0 saturated heterocycles. The van der Waals surface area contributed by atoms with Crippen molar-refractivity contribution < 1.29 is 42.9 Å². The van der Waals surface area contributed by atoms with Gasteiger partial charge in [0.15, 0.2) is 5.60 Å². The van der Waals surface area contributed by atoms with E-state index in [0.29, 0.717) is 31.6 Å². The maximum absolute atomic E-state index is 13.1. The molecule has 0 spiro atoms. The zero-order valence-electron chi connectivity index (χ0n) is 25.7. The Labute approximate surface area is 248 Å². The van der Waals surface area contributed by atoms with Gasteiger partial charge in [0.05, 0.1) is 0 Å². The quantitative estimate of drug-likeness (QED) is 0.227. The van der Waals surface area contributed by atoms with E-state index in [9.17, 15) is 24.0 Å². The maximum atomic E-state index is 13.1. The van der Waals surface area contributed by atoms with Crippen LogP contribution in [0.2, 0.25) is 0 Å². The molecule has 9 heteroatoms. The van der Waals surface area contributed by atoms with Gasteiger partial charge in [-0.2, -0.15) is 0 Å². The Hall–Kier alpha value is -3.23. The van der Waals surface area contributed by atoms with E-state index in [2.05, 4.69) is 37.7 Å². The molecule has 0 bridgehead atoms. The highest BCUT2D eigenvalue weighted by Crippen LogP contribution is 2.68. The Balaban J connectivity index is 0.000000507. The molecule has 9 nitrogen and oxygen atoms in total. The predicted molar refractivity (Wildman–Crippen MR) is 152 cm³/mol. The molecule has 0 radical (unpaired) electrons. The van der Waals surface area contributed by atoms with Gasteiger partial charge >= 0.3 is 29.8 Å². The number of carbonyl (C=O) groups excluding carboxylic acids is 5. The number of hydrogen-bond acceptors (Lipinski definition) is 9. The van der Waals surface area contributed by atoms with Gasteiger partial charge < -0.3 is 18.9 Å². The average molecular weight is 585 g/mol. The first-order valence-corrected chi connectivity index (χ1v) is 15.3. The van der Waals surface area contributed by atoms with E-state index in [1.54, 1.807) is 6.92 Å². The van der Waals surface area contributed by atoms with Crippen LogP contribution in [0, 0.1) is 22.7 Å². The van der Waals surface area contributed by atoms with Crippen molar-refractivity contribution in [3.63, 3.8) is 0 Å². The van der Waals surface area contributed by atoms with Gasteiger partial charge in [0.25, 0.3) is 0 Å². The van der Waals surface area contributed by atoms with Gasteiger partial charge in [-0.15, -0.1) is 0 Å². The second kappa shape index (κ2) is 12.2. The fraction of sp³-hybridized carbons (Fsp3) is 0.667. The van der Waals surface area contributed by atoms with E-state index in [1.165, 1.54) is 6.92 Å². The lowest BCUT2D eigenvalue weighted by Gasteiger charge is -2.62. The number of rotatable bonds is 6. The van der Waals surface area contributed by atoms with Crippen LogP contribution in [0.25, 0.3) is 0 Å². The van der Waals surface area contributed by atoms with E-state index in [0.717, 1.165) is 42.6 Å². The Morgan fingerprint density at radius 2 is 1.60 bits per heavy atom. The zero-order chi connectivity index (χ0) is 30.9. The van der Waals surface area contributed by atoms with Crippen molar-refractivity contribution in [3.8, 4) is 0 Å². The topological polar surface area (TPSA) is 122 Å². The van der Waals surface area contributed by atoms with Crippen LogP contribution < -0.4 is 0 Å². The van der Waals surface area contributed by atoms with E-state index in [4.69, 9.17) is 14.2 Å². The molecule has 5 aliphatic rings. The minimum absolute atomic E-state index is 0.0158. The number of fused-ring (bicyclic) bond motifs is 5. The molecule has 42 heavy (non-hydrogen) atoms. The van der Waals surface area contributed by atoms with E-state index < -0.39 is 29.1 Å². The smallest absolute Gasteiger partial charge is 0.338 e. The minimum atomic E-state index is -1.04. The van der Waals surface area contributed by atoms with Crippen LogP contribution in [0.15, 0.2) is 35.5 Å². The number of allylic oxidation sites excluding steroid dienone is 2. The Morgan fingerprint density at radius 3 is 2.14 bits per heavy atom. The van der Waals surface area contributed by atoms with E-state index in [1.807, 2.05) is 6.92 Å². The summed E-state index contributed by atoms with van der Waals surface area (Å²) in [5, 5.41) is 0. The number of hydrogen-bond donors (Lipinski definition) is 0. The van der Waals surface area contributed by atoms with Gasteiger partial charge in [0.1, 0.15) is 12.2 Å². The highest BCUT2D eigenvalue weighted by molar-refractivity contribution is 6.04. The largest absolute Gasteiger partial charge is 0.462 e. The monoisotopic (exact) mass is 584 g/mol. The van der Waals surface area contributed by atoms with Gasteiger partial charge in [-0.1, -0.05) is 58.8 Å². The molecule has 2 unspecified atom stereocenters. The first-order valence-electron chi connectivity index (χ1n) is 15.3. The molecule has 0 aromatic heterocycles. The zero-order valence-corrected chi connectivity index (χ0v) is 25.7. The van der Waals surface area contributed by atoms with Crippen molar-refractivity contribution in [2.24, 2.45) is 22.7 Å². The minimum Gasteiger partial charge on any atom is -0.462 e. The van der Waals surface area contributed by atoms with Crippen LogP contribution in [-0.4, -0.2) is 47.7 Å². The molecule has 0 aromatic rings. The van der Waals surface area contributed by atoms with Crippen LogP contribution in [0.1, 0.15) is 99.3 Å². The third kappa shape index (κ3) is 5.47. The molecule has 3 fully saturated rings. The molecular weight excluding hydrogens is 540 g/mol. The molecule has 7 atom stereocenters. The van der Waals surface area contributed by atoms with Crippen LogP contribution >= 0.6 is 0 Å². The molecule has 5 rings (SSSR count). The fourth-order valence-electron chi connectivity index (χ4n) is 8.25. The standard InChI is InChI=1S/C29H42O6.C4H2O3/c1-7-19-10-12-22-23-13-11-20-16-21(33-18(4)30)14-15-28(20,6)29(23,35-26(32)9-3)24(17-27(19,22)5)34-25(31)8-2;5-3-1-2-4(6)7-3/h11,13,19,21-22,24H,7-10,12,14-17H2,1-6H3;1-2H/t19-,21?,22-,24?,27+,28-,29-;/m0./s1. The van der Waals surface area contributed by atoms with Gasteiger partial charge in [-0.3, -0.25) is 14.4 Å². The summed E-state index contributed by atoms with van der Waals surface area (Å²) >= 11 is 0. The lowest BCUT2D eigenvalue weighted by molar-refractivity contribution is -0.219. The summed E-state index contributed by atoms with van der Waals surface area (Å²) in [5.41, 5.74) is 0.633. The van der Waals surface area contributed by atoms with Gasteiger partial charge in [-0.25, -0.2) is 9.59 Å². The third-order valence-electron chi connectivity index (χ3n) is 10.3. The number of ether oxygens (including phenoxy) is 4. The molecule has 3 saturated carbocycles. The molecule has 1 heterocycles. The molecule has 230 valence electrons. The van der Waals surface area contributed by atoms with Gasteiger partial charge in [0.2, 0.25) is 0 Å². The van der Waals surface area contributed by atoms with Crippen molar-refractivity contribution in [1.29, 1.82) is 0 Å². The molecule has 0 aromatic carbocycles. The van der Waals surface area contributed by atoms with E-state index in [-0.39, 0.29) is 48.2 Å². The fourth-order valence-corrected chi connectivity index (χ4v) is 8.25. The lowest BCUT2D eigenvalue weighted by atomic mass is 9.47. The summed E-state index contributed by atoms with van der Waals surface area (Å²) in [4.78, 5) is 57.4. The highest BCUT2D eigenvalue weighted by atomic mass is 16.6. The first-order chi connectivity index (χ1) is 19.8. The second-order valence-corrected chi connectivity index (χ2v) is 12.5. The van der Waals surface area contributed by atoms with Crippen LogP contribution in [0.4, 0.5) is 0 Å². The molecule has 1 aliphatic heterocycles. The third-order valence-corrected chi connectivity index (χ3v) is 10.3.